The Kier molecular flexibility index (Phi) is 3.68. The number of fused-ring (bicyclic) bond motifs is 1. The third kappa shape index (κ3) is 2.73. The Hall–Kier alpha value is -2.61. The van der Waals surface area contributed by atoms with Crippen molar-refractivity contribution in [3.8, 4) is 0 Å². The van der Waals surface area contributed by atoms with Crippen LogP contribution >= 0.6 is 11.3 Å². The maximum Gasteiger partial charge on any atom is 0.268 e. The third-order valence-electron chi connectivity index (χ3n) is 3.29. The molecule has 22 heavy (non-hydrogen) atoms. The highest BCUT2D eigenvalue weighted by molar-refractivity contribution is 7.17. The van der Waals surface area contributed by atoms with E-state index >= 15 is 0 Å². The van der Waals surface area contributed by atoms with Crippen LogP contribution in [-0.2, 0) is 18.9 Å². The number of nitrogens with one attached hydrogen (secondary N) is 2. The van der Waals surface area contributed by atoms with Crippen molar-refractivity contribution in [2.45, 2.75) is 0 Å². The molecule has 3 aromatic heterocycles. The van der Waals surface area contributed by atoms with E-state index < -0.39 is 0 Å². The van der Waals surface area contributed by atoms with Gasteiger partial charge in [0, 0.05) is 20.3 Å². The Morgan fingerprint density at radius 2 is 2.18 bits per heavy atom. The van der Waals surface area contributed by atoms with Crippen LogP contribution in [0.25, 0.3) is 10.2 Å². The zero-order valence-electron chi connectivity index (χ0n) is 12.2. The lowest BCUT2D eigenvalue weighted by Gasteiger charge is -2.06. The number of carbonyl (C=O) groups is 2. The van der Waals surface area contributed by atoms with Crippen LogP contribution in [0.15, 0.2) is 29.9 Å². The van der Waals surface area contributed by atoms with Gasteiger partial charge in [-0.2, -0.15) is 5.10 Å². The number of hydrogen-bond donors (Lipinski definition) is 2. The second-order valence-corrected chi connectivity index (χ2v) is 5.84. The molecule has 0 radical (unpaired) electrons. The molecule has 0 aliphatic carbocycles. The molecule has 0 unspecified atom stereocenters. The first-order valence-electron chi connectivity index (χ1n) is 6.64. The molecule has 8 heteroatoms. The predicted molar refractivity (Wildman–Crippen MR) is 85.0 cm³/mol. The van der Waals surface area contributed by atoms with E-state index in [0.29, 0.717) is 11.4 Å². The van der Waals surface area contributed by atoms with Crippen LogP contribution in [0.3, 0.4) is 0 Å². The van der Waals surface area contributed by atoms with Gasteiger partial charge in [-0.05, 0) is 17.5 Å². The van der Waals surface area contributed by atoms with E-state index in [1.165, 1.54) is 0 Å². The summed E-state index contributed by atoms with van der Waals surface area (Å²) < 4.78 is 4.46. The summed E-state index contributed by atoms with van der Waals surface area (Å²) >= 11 is 1.58. The highest BCUT2D eigenvalue weighted by Crippen LogP contribution is 2.23. The van der Waals surface area contributed by atoms with Gasteiger partial charge in [0.05, 0.1) is 28.6 Å². The molecule has 0 saturated heterocycles. The van der Waals surface area contributed by atoms with Crippen molar-refractivity contribution < 1.29 is 9.59 Å². The number of aryl methyl sites for hydroxylation is 2. The molecule has 0 saturated carbocycles. The summed E-state index contributed by atoms with van der Waals surface area (Å²) in [5, 5.41) is 11.2. The van der Waals surface area contributed by atoms with Gasteiger partial charge >= 0.3 is 0 Å². The number of anilines is 1. The fourth-order valence-corrected chi connectivity index (χ4v) is 3.06. The minimum atomic E-state index is -0.294. The first kappa shape index (κ1) is 14.3. The molecule has 0 fully saturated rings. The molecular weight excluding hydrogens is 302 g/mol. The minimum absolute atomic E-state index is 0.0907. The van der Waals surface area contributed by atoms with Crippen molar-refractivity contribution in [2.75, 3.05) is 11.9 Å². The van der Waals surface area contributed by atoms with Gasteiger partial charge in [-0.25, -0.2) is 0 Å². The van der Waals surface area contributed by atoms with Crippen LogP contribution < -0.4 is 10.6 Å². The van der Waals surface area contributed by atoms with Gasteiger partial charge in [0.25, 0.3) is 5.91 Å². The summed E-state index contributed by atoms with van der Waals surface area (Å²) in [6.45, 7) is -0.0907. The van der Waals surface area contributed by atoms with Gasteiger partial charge in [0.15, 0.2) is 0 Å². The van der Waals surface area contributed by atoms with Crippen molar-refractivity contribution in [1.29, 1.82) is 0 Å². The Morgan fingerprint density at radius 1 is 1.36 bits per heavy atom. The summed E-state index contributed by atoms with van der Waals surface area (Å²) in [4.78, 5) is 24.0. The van der Waals surface area contributed by atoms with Crippen LogP contribution in [0, 0.1) is 0 Å². The van der Waals surface area contributed by atoms with Gasteiger partial charge in [-0.1, -0.05) is 0 Å². The predicted octanol–water partition coefficient (Wildman–Crippen LogP) is 1.34. The quantitative estimate of drug-likeness (QED) is 0.762. The van der Waals surface area contributed by atoms with Gasteiger partial charge in [-0.3, -0.25) is 14.3 Å². The van der Waals surface area contributed by atoms with Crippen LogP contribution in [0.1, 0.15) is 10.5 Å². The maximum atomic E-state index is 12.2. The van der Waals surface area contributed by atoms with Gasteiger partial charge in [0.2, 0.25) is 5.91 Å². The van der Waals surface area contributed by atoms with E-state index in [-0.39, 0.29) is 18.4 Å². The number of thiophene rings is 1. The van der Waals surface area contributed by atoms with Gasteiger partial charge < -0.3 is 15.2 Å². The maximum absolute atomic E-state index is 12.2. The van der Waals surface area contributed by atoms with Crippen molar-refractivity contribution in [3.63, 3.8) is 0 Å². The number of aromatic nitrogens is 3. The molecule has 2 amide bonds. The Balaban J connectivity index is 1.61. The number of rotatable bonds is 4. The number of carbonyl (C=O) groups excluding carboxylic acids is 2. The van der Waals surface area contributed by atoms with Crippen molar-refractivity contribution in [3.05, 3.63) is 35.6 Å². The topological polar surface area (TPSA) is 81.0 Å². The molecular formula is C14H15N5O2S. The number of hydrogen-bond acceptors (Lipinski definition) is 4. The van der Waals surface area contributed by atoms with Crippen molar-refractivity contribution in [2.24, 2.45) is 14.1 Å². The van der Waals surface area contributed by atoms with Crippen molar-refractivity contribution in [1.82, 2.24) is 19.7 Å². The van der Waals surface area contributed by atoms with Crippen LogP contribution in [0.5, 0.6) is 0 Å². The lowest BCUT2D eigenvalue weighted by molar-refractivity contribution is -0.115. The fourth-order valence-electron chi connectivity index (χ4n) is 2.21. The van der Waals surface area contributed by atoms with Gasteiger partial charge in [-0.15, -0.1) is 11.3 Å². The van der Waals surface area contributed by atoms with Crippen LogP contribution in [-0.4, -0.2) is 32.7 Å². The highest BCUT2D eigenvalue weighted by Gasteiger charge is 2.15. The lowest BCUT2D eigenvalue weighted by atomic mass is 10.4. The Bertz CT molecular complexity index is 845. The minimum Gasteiger partial charge on any atom is -0.342 e. The van der Waals surface area contributed by atoms with E-state index in [0.717, 1.165) is 10.2 Å². The van der Waals surface area contributed by atoms with Crippen molar-refractivity contribution >= 4 is 39.1 Å². The van der Waals surface area contributed by atoms with E-state index in [1.807, 2.05) is 29.1 Å². The Labute approximate surface area is 130 Å². The summed E-state index contributed by atoms with van der Waals surface area (Å²) in [6, 6.07) is 3.79. The third-order valence-corrected chi connectivity index (χ3v) is 4.15. The molecule has 0 aromatic carbocycles. The molecule has 0 aliphatic rings. The fraction of sp³-hybridized carbons (Fsp3) is 0.214. The zero-order valence-corrected chi connectivity index (χ0v) is 13.0. The second-order valence-electron chi connectivity index (χ2n) is 4.89. The average Bonchev–Trinajstić information content (AvgIpc) is 3.16. The molecule has 3 heterocycles. The number of amides is 2. The molecule has 0 aliphatic heterocycles. The SMILES string of the molecule is Cn1cc(NC(=O)CNC(=O)c2cc3sccc3n2C)cn1. The van der Waals surface area contributed by atoms with Gasteiger partial charge in [0.1, 0.15) is 5.69 Å². The monoisotopic (exact) mass is 317 g/mol. The van der Waals surface area contributed by atoms with E-state index in [2.05, 4.69) is 15.7 Å². The zero-order chi connectivity index (χ0) is 15.7. The molecule has 0 bridgehead atoms. The lowest BCUT2D eigenvalue weighted by Crippen LogP contribution is -2.33. The average molecular weight is 317 g/mol. The van der Waals surface area contributed by atoms with E-state index in [1.54, 1.807) is 35.5 Å². The first-order chi connectivity index (χ1) is 10.5. The Morgan fingerprint density at radius 3 is 2.86 bits per heavy atom. The molecule has 0 spiro atoms. The summed E-state index contributed by atoms with van der Waals surface area (Å²) in [5.41, 5.74) is 2.15. The van der Waals surface area contributed by atoms with E-state index in [9.17, 15) is 9.59 Å². The highest BCUT2D eigenvalue weighted by atomic mass is 32.1. The normalized spacial score (nSPS) is 10.8. The smallest absolute Gasteiger partial charge is 0.268 e. The molecule has 0 atom stereocenters. The van der Waals surface area contributed by atoms with Crippen LogP contribution in [0.2, 0.25) is 0 Å². The molecule has 3 rings (SSSR count). The van der Waals surface area contributed by atoms with Crippen LogP contribution in [0.4, 0.5) is 5.69 Å². The summed E-state index contributed by atoms with van der Waals surface area (Å²) in [7, 11) is 3.60. The molecule has 3 aromatic rings. The second kappa shape index (κ2) is 5.64. The van der Waals surface area contributed by atoms with E-state index in [4.69, 9.17) is 0 Å². The molecule has 7 nitrogen and oxygen atoms in total. The largest absolute Gasteiger partial charge is 0.342 e. The summed E-state index contributed by atoms with van der Waals surface area (Å²) in [6.07, 6.45) is 3.23. The summed E-state index contributed by atoms with van der Waals surface area (Å²) in [5.74, 6) is -0.565. The molecule has 114 valence electrons. The molecule has 2 N–H and O–H groups in total. The first-order valence-corrected chi connectivity index (χ1v) is 7.52. The standard InChI is InChI=1S/C14H15N5O2S/c1-18-8-9(6-16-18)17-13(20)7-15-14(21)11-5-12-10(19(11)2)3-4-22-12/h3-6,8H,7H2,1-2H3,(H,15,21)(H,17,20). The number of nitrogens with zero attached hydrogens (tertiary/aromatic N) is 3.